The van der Waals surface area contributed by atoms with E-state index in [0.29, 0.717) is 10.7 Å². The van der Waals surface area contributed by atoms with Crippen LogP contribution in [0, 0.1) is 10.1 Å². The fourth-order valence-electron chi connectivity index (χ4n) is 2.14. The fourth-order valence-corrected chi connectivity index (χ4v) is 2.34. The minimum Gasteiger partial charge on any atom is -0.258 e. The Morgan fingerprint density at radius 1 is 0.909 bits per heavy atom. The first-order chi connectivity index (χ1) is 10.7. The van der Waals surface area contributed by atoms with E-state index in [1.54, 1.807) is 24.3 Å². The van der Waals surface area contributed by atoms with Gasteiger partial charge in [0.2, 0.25) is 0 Å². The molecular formula is C16H10ClN3O2. The van der Waals surface area contributed by atoms with Crippen molar-refractivity contribution in [2.45, 2.75) is 0 Å². The quantitative estimate of drug-likeness (QED) is 0.347. The molecule has 0 atom stereocenters. The summed E-state index contributed by atoms with van der Waals surface area (Å²) in [7, 11) is 0. The molecule has 0 amide bonds. The third-order valence-corrected chi connectivity index (χ3v) is 3.49. The van der Waals surface area contributed by atoms with Crippen LogP contribution < -0.4 is 0 Å². The summed E-state index contributed by atoms with van der Waals surface area (Å²) < 4.78 is 0. The van der Waals surface area contributed by atoms with E-state index in [2.05, 4.69) is 10.2 Å². The van der Waals surface area contributed by atoms with Crippen LogP contribution in [0.25, 0.3) is 10.8 Å². The number of para-hydroxylation sites is 1. The van der Waals surface area contributed by atoms with E-state index in [1.165, 1.54) is 6.07 Å². The van der Waals surface area contributed by atoms with Gasteiger partial charge in [-0.3, -0.25) is 10.1 Å². The van der Waals surface area contributed by atoms with Crippen LogP contribution in [-0.2, 0) is 0 Å². The van der Waals surface area contributed by atoms with Crippen molar-refractivity contribution in [1.29, 1.82) is 0 Å². The van der Waals surface area contributed by atoms with E-state index < -0.39 is 4.92 Å². The van der Waals surface area contributed by atoms with Gasteiger partial charge < -0.3 is 0 Å². The smallest absolute Gasteiger partial charge is 0.258 e. The zero-order chi connectivity index (χ0) is 15.5. The van der Waals surface area contributed by atoms with Gasteiger partial charge >= 0.3 is 0 Å². The standard InChI is InChI=1S/C16H10ClN3O2/c17-13-10-9-11-5-1-2-6-12(11)16(13)19-18-14-7-3-4-8-15(14)20(21)22/h1-10H. The normalized spacial score (nSPS) is 11.1. The van der Waals surface area contributed by atoms with Crippen LogP contribution in [0.2, 0.25) is 5.02 Å². The largest absolute Gasteiger partial charge is 0.296 e. The number of nitro benzene ring substituents is 1. The Morgan fingerprint density at radius 3 is 2.45 bits per heavy atom. The van der Waals surface area contributed by atoms with Crippen LogP contribution in [-0.4, -0.2) is 4.92 Å². The van der Waals surface area contributed by atoms with Crippen molar-refractivity contribution in [3.8, 4) is 0 Å². The van der Waals surface area contributed by atoms with Gasteiger partial charge in [0.15, 0.2) is 5.69 Å². The first kappa shape index (κ1) is 14.2. The van der Waals surface area contributed by atoms with Crippen LogP contribution in [0.15, 0.2) is 70.9 Å². The maximum absolute atomic E-state index is 11.0. The van der Waals surface area contributed by atoms with Gasteiger partial charge in [-0.25, -0.2) is 0 Å². The van der Waals surface area contributed by atoms with Gasteiger partial charge in [0.1, 0.15) is 5.69 Å². The van der Waals surface area contributed by atoms with Gasteiger partial charge in [0.05, 0.1) is 9.95 Å². The lowest BCUT2D eigenvalue weighted by Gasteiger charge is -2.03. The number of fused-ring (bicyclic) bond motifs is 1. The van der Waals surface area contributed by atoms with Crippen LogP contribution in [0.5, 0.6) is 0 Å². The van der Waals surface area contributed by atoms with Gasteiger partial charge in [-0.15, -0.1) is 10.2 Å². The summed E-state index contributed by atoms with van der Waals surface area (Å²) in [5, 5.41) is 21.4. The molecule has 0 heterocycles. The molecule has 3 rings (SSSR count). The molecule has 0 spiro atoms. The Hall–Kier alpha value is -2.79. The number of nitrogens with zero attached hydrogens (tertiary/aromatic N) is 3. The molecule has 5 nitrogen and oxygen atoms in total. The topological polar surface area (TPSA) is 67.9 Å². The lowest BCUT2D eigenvalue weighted by molar-refractivity contribution is -0.384. The molecule has 0 N–H and O–H groups in total. The van der Waals surface area contributed by atoms with E-state index in [0.717, 1.165) is 10.8 Å². The molecule has 0 bridgehead atoms. The average Bonchev–Trinajstić information content (AvgIpc) is 2.54. The summed E-state index contributed by atoms with van der Waals surface area (Å²) in [5.74, 6) is 0. The molecule has 0 saturated carbocycles. The number of azo groups is 1. The highest BCUT2D eigenvalue weighted by Crippen LogP contribution is 2.36. The molecule has 0 aliphatic heterocycles. The summed E-state index contributed by atoms with van der Waals surface area (Å²) in [6.07, 6.45) is 0. The monoisotopic (exact) mass is 311 g/mol. The highest BCUT2D eigenvalue weighted by atomic mass is 35.5. The molecular weight excluding hydrogens is 302 g/mol. The zero-order valence-electron chi connectivity index (χ0n) is 11.3. The van der Waals surface area contributed by atoms with E-state index in [1.807, 2.05) is 30.3 Å². The average molecular weight is 312 g/mol. The number of benzene rings is 3. The van der Waals surface area contributed by atoms with Crippen molar-refractivity contribution in [2.75, 3.05) is 0 Å². The molecule has 0 aromatic heterocycles. The predicted octanol–water partition coefficient (Wildman–Crippen LogP) is 5.82. The summed E-state index contributed by atoms with van der Waals surface area (Å²) >= 11 is 6.18. The summed E-state index contributed by atoms with van der Waals surface area (Å²) in [6.45, 7) is 0. The van der Waals surface area contributed by atoms with Crippen LogP contribution >= 0.6 is 11.6 Å². The first-order valence-electron chi connectivity index (χ1n) is 6.49. The van der Waals surface area contributed by atoms with Gasteiger partial charge in [0, 0.05) is 11.5 Å². The second-order valence-electron chi connectivity index (χ2n) is 4.56. The van der Waals surface area contributed by atoms with Crippen LogP contribution in [0.4, 0.5) is 17.1 Å². The highest BCUT2D eigenvalue weighted by molar-refractivity contribution is 6.34. The van der Waals surface area contributed by atoms with E-state index >= 15 is 0 Å². The molecule has 3 aromatic rings. The van der Waals surface area contributed by atoms with Crippen molar-refractivity contribution >= 4 is 39.4 Å². The Labute approximate surface area is 131 Å². The number of hydrogen-bond acceptors (Lipinski definition) is 4. The second kappa shape index (κ2) is 5.91. The van der Waals surface area contributed by atoms with Gasteiger partial charge in [0.25, 0.3) is 5.69 Å². The Kier molecular flexibility index (Phi) is 3.80. The van der Waals surface area contributed by atoms with Crippen LogP contribution in [0.3, 0.4) is 0 Å². The molecule has 0 saturated heterocycles. The lowest BCUT2D eigenvalue weighted by atomic mass is 10.1. The van der Waals surface area contributed by atoms with Crippen molar-refractivity contribution in [3.63, 3.8) is 0 Å². The van der Waals surface area contributed by atoms with E-state index in [-0.39, 0.29) is 11.4 Å². The molecule has 0 aliphatic carbocycles. The Bertz CT molecular complexity index is 893. The molecule has 0 radical (unpaired) electrons. The Morgan fingerprint density at radius 2 is 1.64 bits per heavy atom. The van der Waals surface area contributed by atoms with Crippen molar-refractivity contribution in [2.24, 2.45) is 10.2 Å². The minimum atomic E-state index is -0.487. The predicted molar refractivity (Wildman–Crippen MR) is 86.2 cm³/mol. The summed E-state index contributed by atoms with van der Waals surface area (Å²) in [6, 6.07) is 17.4. The Balaban J connectivity index is 2.11. The summed E-state index contributed by atoms with van der Waals surface area (Å²) in [4.78, 5) is 10.5. The number of halogens is 1. The molecule has 3 aromatic carbocycles. The van der Waals surface area contributed by atoms with Gasteiger partial charge in [-0.1, -0.05) is 54.1 Å². The maximum atomic E-state index is 11.0. The van der Waals surface area contributed by atoms with Crippen molar-refractivity contribution < 1.29 is 4.92 Å². The first-order valence-corrected chi connectivity index (χ1v) is 6.87. The SMILES string of the molecule is O=[N+]([O-])c1ccccc1N=Nc1c(Cl)ccc2ccccc12. The zero-order valence-corrected chi connectivity index (χ0v) is 12.1. The second-order valence-corrected chi connectivity index (χ2v) is 4.97. The minimum absolute atomic E-state index is 0.0948. The van der Waals surface area contributed by atoms with Crippen LogP contribution in [0.1, 0.15) is 0 Å². The fraction of sp³-hybridized carbons (Fsp3) is 0. The number of rotatable bonds is 3. The maximum Gasteiger partial charge on any atom is 0.296 e. The number of hydrogen-bond donors (Lipinski definition) is 0. The van der Waals surface area contributed by atoms with Gasteiger partial charge in [-0.2, -0.15) is 0 Å². The molecule has 22 heavy (non-hydrogen) atoms. The lowest BCUT2D eigenvalue weighted by Crippen LogP contribution is -1.87. The highest BCUT2D eigenvalue weighted by Gasteiger charge is 2.12. The molecule has 108 valence electrons. The van der Waals surface area contributed by atoms with Gasteiger partial charge in [-0.05, 0) is 17.5 Å². The summed E-state index contributed by atoms with van der Waals surface area (Å²) in [5.41, 5.74) is 0.594. The van der Waals surface area contributed by atoms with Crippen molar-refractivity contribution in [1.82, 2.24) is 0 Å². The third kappa shape index (κ3) is 2.66. The number of nitro groups is 1. The van der Waals surface area contributed by atoms with E-state index in [4.69, 9.17) is 11.6 Å². The third-order valence-electron chi connectivity index (χ3n) is 3.19. The molecule has 0 fully saturated rings. The molecule has 6 heteroatoms. The molecule has 0 unspecified atom stereocenters. The van der Waals surface area contributed by atoms with E-state index in [9.17, 15) is 10.1 Å². The van der Waals surface area contributed by atoms with Crippen molar-refractivity contribution in [3.05, 3.63) is 75.8 Å². The molecule has 0 aliphatic rings.